The van der Waals surface area contributed by atoms with Gasteiger partial charge in [0.05, 0.1) is 0 Å². The third kappa shape index (κ3) is 7.54. The first kappa shape index (κ1) is 33.3. The summed E-state index contributed by atoms with van der Waals surface area (Å²) in [6, 6.07) is 34.5. The molecule has 0 aromatic heterocycles. The largest absolute Gasteiger partial charge is 0.507 e. The summed E-state index contributed by atoms with van der Waals surface area (Å²) in [5.41, 5.74) is 7.52. The molecule has 0 aliphatic carbocycles. The second-order valence-corrected chi connectivity index (χ2v) is 13.3. The predicted octanol–water partition coefficient (Wildman–Crippen LogP) is 8.45. The van der Waals surface area contributed by atoms with Crippen LogP contribution in [0.15, 0.2) is 97.1 Å². The Morgan fingerprint density at radius 1 is 0.568 bits per heavy atom. The number of para-hydroxylation sites is 1. The quantitative estimate of drug-likeness (QED) is 0.159. The van der Waals surface area contributed by atoms with Crippen LogP contribution in [-0.2, 0) is 23.9 Å². The van der Waals surface area contributed by atoms with Crippen molar-refractivity contribution >= 4 is 5.69 Å². The van der Waals surface area contributed by atoms with E-state index in [1.54, 1.807) is 0 Å². The molecule has 44 heavy (non-hydrogen) atoms. The second-order valence-electron chi connectivity index (χ2n) is 13.3. The van der Waals surface area contributed by atoms with Crippen LogP contribution in [0.5, 0.6) is 5.75 Å². The summed E-state index contributed by atoms with van der Waals surface area (Å²) in [6.07, 6.45) is 0. The fraction of sp³-hybridized carbons (Fsp3) is 0.400. The van der Waals surface area contributed by atoms with Gasteiger partial charge in [0, 0.05) is 67.9 Å². The lowest BCUT2D eigenvalue weighted by atomic mass is 9.72. The summed E-state index contributed by atoms with van der Waals surface area (Å²) in [4.78, 5) is 7.18. The van der Waals surface area contributed by atoms with Crippen LogP contribution in [0.1, 0.15) is 74.9 Å². The smallest absolute Gasteiger partial charge is 0.124 e. The highest BCUT2D eigenvalue weighted by molar-refractivity contribution is 5.55. The van der Waals surface area contributed by atoms with E-state index in [0.717, 1.165) is 43.9 Å². The summed E-state index contributed by atoms with van der Waals surface area (Å²) < 4.78 is 0. The first-order valence-corrected chi connectivity index (χ1v) is 16.2. The fourth-order valence-corrected chi connectivity index (χ4v) is 6.28. The van der Waals surface area contributed by atoms with Crippen LogP contribution < -0.4 is 4.90 Å². The number of benzene rings is 4. The number of hydrogen-bond acceptors (Lipinski definition) is 4. The van der Waals surface area contributed by atoms with Gasteiger partial charge < -0.3 is 14.9 Å². The molecule has 0 fully saturated rings. The molecule has 0 unspecified atom stereocenters. The van der Waals surface area contributed by atoms with E-state index >= 15 is 0 Å². The minimum Gasteiger partial charge on any atom is -0.507 e. The van der Waals surface area contributed by atoms with E-state index in [2.05, 4.69) is 167 Å². The Labute approximate surface area is 267 Å². The highest BCUT2D eigenvalue weighted by Gasteiger charge is 2.32. The van der Waals surface area contributed by atoms with Gasteiger partial charge in [0.25, 0.3) is 0 Å². The number of likely N-dealkylation sites (N-methyl/N-ethyl adjacent to an activating group) is 1. The Balaban J connectivity index is 1.84. The fourth-order valence-electron chi connectivity index (χ4n) is 6.28. The minimum atomic E-state index is -0.382. The van der Waals surface area contributed by atoms with Crippen molar-refractivity contribution in [2.24, 2.45) is 0 Å². The maximum absolute atomic E-state index is 12.1. The van der Waals surface area contributed by atoms with E-state index in [9.17, 15) is 5.11 Å². The van der Waals surface area contributed by atoms with E-state index in [0.29, 0.717) is 12.3 Å². The van der Waals surface area contributed by atoms with Gasteiger partial charge in [-0.15, -0.1) is 0 Å². The van der Waals surface area contributed by atoms with Crippen molar-refractivity contribution in [2.75, 3.05) is 45.2 Å². The molecule has 4 aromatic rings. The number of anilines is 1. The molecule has 0 aliphatic rings. The molecule has 1 N–H and O–H groups in total. The topological polar surface area (TPSA) is 30.0 Å². The molecule has 4 rings (SSSR count). The zero-order chi connectivity index (χ0) is 31.9. The van der Waals surface area contributed by atoms with Gasteiger partial charge in [-0.05, 0) is 47.5 Å². The molecule has 4 heteroatoms. The summed E-state index contributed by atoms with van der Waals surface area (Å²) in [6.45, 7) is 18.9. The first-order chi connectivity index (χ1) is 21.0. The Hall–Kier alpha value is -3.60. The van der Waals surface area contributed by atoms with Crippen molar-refractivity contribution in [1.82, 2.24) is 9.80 Å². The van der Waals surface area contributed by atoms with Crippen LogP contribution in [0.4, 0.5) is 5.69 Å². The summed E-state index contributed by atoms with van der Waals surface area (Å²) >= 11 is 0. The SMILES string of the molecule is CCN(CC)CCN(Cc1ccccc1N(C)C)Cc1cc(C(C)(C)c2ccccc2)cc(C(C)(C)c2ccccc2)c1O. The lowest BCUT2D eigenvalue weighted by Crippen LogP contribution is -2.35. The van der Waals surface area contributed by atoms with E-state index in [4.69, 9.17) is 0 Å². The van der Waals surface area contributed by atoms with Gasteiger partial charge in [0.1, 0.15) is 5.75 Å². The van der Waals surface area contributed by atoms with Crippen LogP contribution >= 0.6 is 0 Å². The average Bonchev–Trinajstić information content (AvgIpc) is 3.03. The number of phenolic OH excluding ortho intramolecular Hbond substituents is 1. The molecule has 0 bridgehead atoms. The van der Waals surface area contributed by atoms with Gasteiger partial charge >= 0.3 is 0 Å². The van der Waals surface area contributed by atoms with Crippen LogP contribution in [0.3, 0.4) is 0 Å². The molecular formula is C40H53N3O. The van der Waals surface area contributed by atoms with Gasteiger partial charge in [0.2, 0.25) is 0 Å². The molecule has 4 aromatic carbocycles. The van der Waals surface area contributed by atoms with Crippen LogP contribution in [0.2, 0.25) is 0 Å². The van der Waals surface area contributed by atoms with Gasteiger partial charge in [-0.2, -0.15) is 0 Å². The monoisotopic (exact) mass is 591 g/mol. The number of hydrogen-bond donors (Lipinski definition) is 1. The summed E-state index contributed by atoms with van der Waals surface area (Å²) in [7, 11) is 4.22. The van der Waals surface area contributed by atoms with Crippen molar-refractivity contribution < 1.29 is 5.11 Å². The van der Waals surface area contributed by atoms with E-state index in [1.165, 1.54) is 27.9 Å². The third-order valence-electron chi connectivity index (χ3n) is 9.46. The Morgan fingerprint density at radius 2 is 1.07 bits per heavy atom. The van der Waals surface area contributed by atoms with Crippen molar-refractivity contribution in [1.29, 1.82) is 0 Å². The number of aromatic hydroxyl groups is 1. The average molecular weight is 592 g/mol. The number of rotatable bonds is 14. The van der Waals surface area contributed by atoms with E-state index < -0.39 is 0 Å². The molecule has 0 radical (unpaired) electrons. The van der Waals surface area contributed by atoms with Gasteiger partial charge in [0.15, 0.2) is 0 Å². The zero-order valence-corrected chi connectivity index (χ0v) is 28.3. The molecule has 0 amide bonds. The zero-order valence-electron chi connectivity index (χ0n) is 28.3. The lowest BCUT2D eigenvalue weighted by Gasteiger charge is -2.34. The normalized spacial score (nSPS) is 12.2. The van der Waals surface area contributed by atoms with Gasteiger partial charge in [-0.25, -0.2) is 0 Å². The number of nitrogens with zero attached hydrogens (tertiary/aromatic N) is 3. The molecule has 0 spiro atoms. The Morgan fingerprint density at radius 3 is 1.64 bits per heavy atom. The van der Waals surface area contributed by atoms with Gasteiger partial charge in [-0.1, -0.05) is 126 Å². The number of phenols is 1. The maximum Gasteiger partial charge on any atom is 0.124 e. The van der Waals surface area contributed by atoms with Crippen LogP contribution in [0, 0.1) is 0 Å². The molecule has 0 atom stereocenters. The highest BCUT2D eigenvalue weighted by atomic mass is 16.3. The molecule has 4 nitrogen and oxygen atoms in total. The van der Waals surface area contributed by atoms with E-state index in [1.807, 2.05) is 0 Å². The van der Waals surface area contributed by atoms with Crippen LogP contribution in [0.25, 0.3) is 0 Å². The van der Waals surface area contributed by atoms with Crippen molar-refractivity contribution in [3.63, 3.8) is 0 Å². The Bertz CT molecular complexity index is 1470. The summed E-state index contributed by atoms with van der Waals surface area (Å²) in [5, 5.41) is 12.1. The Kier molecular flexibility index (Phi) is 10.9. The van der Waals surface area contributed by atoms with Crippen molar-refractivity contribution in [2.45, 2.75) is 65.5 Å². The first-order valence-electron chi connectivity index (χ1n) is 16.2. The highest BCUT2D eigenvalue weighted by Crippen LogP contribution is 2.43. The molecule has 0 saturated carbocycles. The lowest BCUT2D eigenvalue weighted by molar-refractivity contribution is 0.200. The molecule has 234 valence electrons. The third-order valence-corrected chi connectivity index (χ3v) is 9.46. The molecule has 0 saturated heterocycles. The second kappa shape index (κ2) is 14.5. The predicted molar refractivity (Wildman–Crippen MR) is 188 cm³/mol. The minimum absolute atomic E-state index is 0.241. The van der Waals surface area contributed by atoms with Crippen molar-refractivity contribution in [3.05, 3.63) is 130 Å². The summed E-state index contributed by atoms with van der Waals surface area (Å²) in [5.74, 6) is 0.403. The standard InChI is InChI=1S/C40H53N3O/c1-9-42(10-2)25-26-43(29-31-19-17-18-24-37(31)41(7)8)30-32-27-35(39(3,4)33-20-13-11-14-21-33)28-36(38(32)44)40(5,6)34-22-15-12-16-23-34/h11-24,27-28,44H,9-10,25-26,29-30H2,1-8H3. The van der Waals surface area contributed by atoms with E-state index in [-0.39, 0.29) is 10.8 Å². The van der Waals surface area contributed by atoms with Crippen molar-refractivity contribution in [3.8, 4) is 5.75 Å². The van der Waals surface area contributed by atoms with Crippen LogP contribution in [-0.4, -0.2) is 55.2 Å². The molecular weight excluding hydrogens is 538 g/mol. The maximum atomic E-state index is 12.1. The van der Waals surface area contributed by atoms with Gasteiger partial charge in [-0.3, -0.25) is 4.90 Å². The molecule has 0 aliphatic heterocycles. The molecule has 0 heterocycles.